The zero-order valence-corrected chi connectivity index (χ0v) is 17.8. The molecule has 31 heavy (non-hydrogen) atoms. The third-order valence-corrected chi connectivity index (χ3v) is 4.79. The summed E-state index contributed by atoms with van der Waals surface area (Å²) in [5.74, 6) is -0.863. The Hall–Kier alpha value is -3.17. The maximum atomic E-state index is 13.0. The van der Waals surface area contributed by atoms with Crippen LogP contribution in [0.1, 0.15) is 44.2 Å². The molecule has 0 saturated carbocycles. The Morgan fingerprint density at radius 1 is 1.00 bits per heavy atom. The van der Waals surface area contributed by atoms with E-state index < -0.39 is 30.0 Å². The molecule has 10 heteroatoms. The van der Waals surface area contributed by atoms with Gasteiger partial charge in [0.05, 0.1) is 30.7 Å². The van der Waals surface area contributed by atoms with E-state index in [9.17, 15) is 22.8 Å². The van der Waals surface area contributed by atoms with Crippen LogP contribution in [0, 0.1) is 0 Å². The lowest BCUT2D eigenvalue weighted by molar-refractivity contribution is -0.137. The Bertz CT molecular complexity index is 889. The first-order chi connectivity index (χ1) is 14.5. The summed E-state index contributed by atoms with van der Waals surface area (Å²) in [4.78, 5) is 25.6. The number of hydrogen-bond acceptors (Lipinski definition) is 7. The fourth-order valence-electron chi connectivity index (χ4n) is 2.99. The van der Waals surface area contributed by atoms with E-state index >= 15 is 0 Å². The van der Waals surface area contributed by atoms with E-state index in [4.69, 9.17) is 14.2 Å². The van der Waals surface area contributed by atoms with Gasteiger partial charge in [-0.25, -0.2) is 9.59 Å². The molecule has 0 aromatic heterocycles. The standard InChI is InChI=1S/C21H24F3NO6/c1-6-11-29-20(27)31-18-13(3)25(4)12(2)17(30-19(26)28-5)16(18)14-7-9-15(10-8-14)21(22,23)24/h7-10,16H,6,11H2,1-5H3. The number of benzene rings is 1. The van der Waals surface area contributed by atoms with Crippen LogP contribution in [-0.2, 0) is 25.1 Å². The number of methoxy groups -OCH3 is 1. The molecule has 0 spiro atoms. The van der Waals surface area contributed by atoms with Gasteiger partial charge >= 0.3 is 18.5 Å². The molecule has 1 aliphatic rings. The molecule has 1 aromatic rings. The topological polar surface area (TPSA) is 74.3 Å². The average Bonchev–Trinajstić information content (AvgIpc) is 2.73. The van der Waals surface area contributed by atoms with Crippen molar-refractivity contribution in [3.05, 3.63) is 58.3 Å². The van der Waals surface area contributed by atoms with Crippen LogP contribution in [0.15, 0.2) is 47.2 Å². The van der Waals surface area contributed by atoms with Gasteiger partial charge in [-0.15, -0.1) is 0 Å². The SMILES string of the molecule is CCCOC(=O)OC1=C(C)N(C)C(C)=C(OC(=O)OC)C1c1ccc(C(F)(F)F)cc1. The maximum Gasteiger partial charge on any atom is 0.513 e. The van der Waals surface area contributed by atoms with Gasteiger partial charge in [-0.3, -0.25) is 0 Å². The summed E-state index contributed by atoms with van der Waals surface area (Å²) in [5.41, 5.74) is 0.456. The van der Waals surface area contributed by atoms with E-state index in [1.165, 1.54) is 12.1 Å². The molecule has 170 valence electrons. The second-order valence-corrected chi connectivity index (χ2v) is 6.77. The van der Waals surface area contributed by atoms with Gasteiger partial charge in [-0.05, 0) is 38.0 Å². The van der Waals surface area contributed by atoms with E-state index in [-0.39, 0.29) is 18.1 Å². The minimum atomic E-state index is -4.52. The molecule has 1 atom stereocenters. The van der Waals surface area contributed by atoms with Gasteiger partial charge in [0.1, 0.15) is 17.4 Å². The van der Waals surface area contributed by atoms with Gasteiger partial charge in [-0.1, -0.05) is 19.1 Å². The molecule has 0 fully saturated rings. The van der Waals surface area contributed by atoms with Crippen LogP contribution in [0.3, 0.4) is 0 Å². The number of alkyl halides is 3. The highest BCUT2D eigenvalue weighted by Gasteiger charge is 2.38. The summed E-state index contributed by atoms with van der Waals surface area (Å²) in [6, 6.07) is 4.28. The number of carbonyl (C=O) groups is 2. The van der Waals surface area contributed by atoms with Crippen LogP contribution >= 0.6 is 0 Å². The number of hydrogen-bond donors (Lipinski definition) is 0. The van der Waals surface area contributed by atoms with Gasteiger partial charge in [0.25, 0.3) is 0 Å². The number of nitrogens with zero attached hydrogens (tertiary/aromatic N) is 1. The van der Waals surface area contributed by atoms with Gasteiger partial charge in [0, 0.05) is 7.05 Å². The fraction of sp³-hybridized carbons (Fsp3) is 0.429. The van der Waals surface area contributed by atoms with E-state index in [0.717, 1.165) is 19.2 Å². The van der Waals surface area contributed by atoms with Crippen LogP contribution in [0.4, 0.5) is 22.8 Å². The number of ether oxygens (including phenoxy) is 4. The Morgan fingerprint density at radius 3 is 1.97 bits per heavy atom. The molecule has 0 bridgehead atoms. The molecule has 1 unspecified atom stereocenters. The van der Waals surface area contributed by atoms with Gasteiger partial charge < -0.3 is 23.8 Å². The van der Waals surface area contributed by atoms with Crippen molar-refractivity contribution >= 4 is 12.3 Å². The summed E-state index contributed by atoms with van der Waals surface area (Å²) in [6.07, 6.45) is -5.94. The minimum absolute atomic E-state index is 0.0537. The predicted octanol–water partition coefficient (Wildman–Crippen LogP) is 5.54. The van der Waals surface area contributed by atoms with Crippen molar-refractivity contribution in [2.45, 2.75) is 39.3 Å². The minimum Gasteiger partial charge on any atom is -0.437 e. The monoisotopic (exact) mass is 443 g/mol. The van der Waals surface area contributed by atoms with E-state index in [1.807, 2.05) is 6.92 Å². The molecule has 0 amide bonds. The van der Waals surface area contributed by atoms with Crippen LogP contribution < -0.4 is 0 Å². The Balaban J connectivity index is 2.57. The third-order valence-electron chi connectivity index (χ3n) is 4.79. The molecule has 2 rings (SSSR count). The second kappa shape index (κ2) is 9.76. The highest BCUT2D eigenvalue weighted by atomic mass is 19.4. The predicted molar refractivity (Wildman–Crippen MR) is 104 cm³/mol. The second-order valence-electron chi connectivity index (χ2n) is 6.77. The van der Waals surface area contributed by atoms with Crippen molar-refractivity contribution in [1.82, 2.24) is 4.90 Å². The fourth-order valence-corrected chi connectivity index (χ4v) is 2.99. The molecule has 0 N–H and O–H groups in total. The largest absolute Gasteiger partial charge is 0.513 e. The third kappa shape index (κ3) is 5.50. The zero-order valence-electron chi connectivity index (χ0n) is 17.8. The lowest BCUT2D eigenvalue weighted by Gasteiger charge is -2.35. The summed E-state index contributed by atoms with van der Waals surface area (Å²) in [7, 11) is 2.79. The van der Waals surface area contributed by atoms with Crippen molar-refractivity contribution < 1.29 is 41.7 Å². The summed E-state index contributed by atoms with van der Waals surface area (Å²) < 4.78 is 59.3. The summed E-state index contributed by atoms with van der Waals surface area (Å²) in [6.45, 7) is 5.26. The molecule has 1 aliphatic heterocycles. The molecule has 0 aliphatic carbocycles. The van der Waals surface area contributed by atoms with Crippen LogP contribution in [0.2, 0.25) is 0 Å². The van der Waals surface area contributed by atoms with Crippen molar-refractivity contribution in [2.24, 2.45) is 0 Å². The van der Waals surface area contributed by atoms with E-state index in [2.05, 4.69) is 4.74 Å². The number of rotatable bonds is 5. The molecule has 7 nitrogen and oxygen atoms in total. The molecular weight excluding hydrogens is 419 g/mol. The number of carbonyl (C=O) groups excluding carboxylic acids is 2. The number of allylic oxidation sites excluding steroid dienone is 2. The maximum absolute atomic E-state index is 13.0. The molecule has 1 aromatic carbocycles. The van der Waals surface area contributed by atoms with E-state index in [0.29, 0.717) is 23.4 Å². The van der Waals surface area contributed by atoms with Crippen molar-refractivity contribution in [1.29, 1.82) is 0 Å². The van der Waals surface area contributed by atoms with Gasteiger partial charge in [0.15, 0.2) is 0 Å². The summed E-state index contributed by atoms with van der Waals surface area (Å²) >= 11 is 0. The van der Waals surface area contributed by atoms with Crippen LogP contribution in [0.5, 0.6) is 0 Å². The zero-order chi connectivity index (χ0) is 23.3. The van der Waals surface area contributed by atoms with Crippen molar-refractivity contribution in [3.63, 3.8) is 0 Å². The summed E-state index contributed by atoms with van der Waals surface area (Å²) in [5, 5.41) is 0. The first kappa shape index (κ1) is 24.1. The van der Waals surface area contributed by atoms with Gasteiger partial charge in [0.2, 0.25) is 0 Å². The Morgan fingerprint density at radius 2 is 1.52 bits per heavy atom. The smallest absolute Gasteiger partial charge is 0.437 e. The van der Waals surface area contributed by atoms with Crippen molar-refractivity contribution in [2.75, 3.05) is 20.8 Å². The quantitative estimate of drug-likeness (QED) is 0.553. The Labute approximate surface area is 178 Å². The normalized spacial score (nSPS) is 16.9. The van der Waals surface area contributed by atoms with Gasteiger partial charge in [-0.2, -0.15) is 13.2 Å². The van der Waals surface area contributed by atoms with Crippen LogP contribution in [-0.4, -0.2) is 38.0 Å². The first-order valence-corrected chi connectivity index (χ1v) is 9.44. The highest BCUT2D eigenvalue weighted by molar-refractivity contribution is 5.65. The van der Waals surface area contributed by atoms with Crippen LogP contribution in [0.25, 0.3) is 0 Å². The van der Waals surface area contributed by atoms with E-state index in [1.54, 1.807) is 25.8 Å². The highest BCUT2D eigenvalue weighted by Crippen LogP contribution is 2.43. The molecular formula is C21H24F3NO6. The van der Waals surface area contributed by atoms with Crippen molar-refractivity contribution in [3.8, 4) is 0 Å². The number of halogens is 3. The first-order valence-electron chi connectivity index (χ1n) is 9.44. The molecule has 0 radical (unpaired) electrons. The lowest BCUT2D eigenvalue weighted by atomic mass is 9.89. The molecule has 1 heterocycles. The lowest BCUT2D eigenvalue weighted by Crippen LogP contribution is -2.30. The molecule has 0 saturated heterocycles. The average molecular weight is 443 g/mol. The Kier molecular flexibility index (Phi) is 7.59.